The van der Waals surface area contributed by atoms with E-state index < -0.39 is 12.4 Å². The number of unbranched alkanes of at least 4 members (excludes halogenated alkanes) is 2. The van der Waals surface area contributed by atoms with E-state index in [0.29, 0.717) is 12.4 Å². The second-order valence-corrected chi connectivity index (χ2v) is 7.89. The van der Waals surface area contributed by atoms with Crippen molar-refractivity contribution in [1.82, 2.24) is 0 Å². The molecule has 0 saturated heterocycles. The van der Waals surface area contributed by atoms with Crippen molar-refractivity contribution in [3.05, 3.63) is 34.9 Å². The van der Waals surface area contributed by atoms with Gasteiger partial charge in [-0.1, -0.05) is 31.4 Å². The summed E-state index contributed by atoms with van der Waals surface area (Å²) in [6.45, 7) is 6.34. The Morgan fingerprint density at radius 1 is 1.27 bits per heavy atom. The normalized spacial score (nSPS) is 17.2. The van der Waals surface area contributed by atoms with Crippen LogP contribution in [0.4, 0.5) is 4.79 Å². The van der Waals surface area contributed by atoms with Gasteiger partial charge in [-0.15, -0.1) is 0 Å². The fourth-order valence-electron chi connectivity index (χ4n) is 3.78. The van der Waals surface area contributed by atoms with Crippen molar-refractivity contribution < 1.29 is 28.8 Å². The zero-order chi connectivity index (χ0) is 21.9. The number of carbonyl (C=O) groups is 1. The molecule has 0 fully saturated rings. The van der Waals surface area contributed by atoms with Gasteiger partial charge in [-0.05, 0) is 56.7 Å². The van der Waals surface area contributed by atoms with Crippen LogP contribution < -0.4 is 4.74 Å². The SMILES string of the molecule is CCCCCc1cc(O)c(C2C=C(C)CCC2)c(OC(C)OC(=O)OCCOC)c1. The minimum Gasteiger partial charge on any atom is -0.507 e. The summed E-state index contributed by atoms with van der Waals surface area (Å²) < 4.78 is 21.0. The maximum absolute atomic E-state index is 11.8. The molecule has 0 bridgehead atoms. The summed E-state index contributed by atoms with van der Waals surface area (Å²) in [5.74, 6) is 0.888. The smallest absolute Gasteiger partial charge is 0.507 e. The lowest BCUT2D eigenvalue weighted by atomic mass is 9.84. The van der Waals surface area contributed by atoms with E-state index in [9.17, 15) is 9.90 Å². The monoisotopic (exact) mass is 420 g/mol. The molecular weight excluding hydrogens is 384 g/mol. The Bertz CT molecular complexity index is 712. The molecule has 0 heterocycles. The van der Waals surface area contributed by atoms with Gasteiger partial charge in [0.15, 0.2) is 0 Å². The number of ether oxygens (including phenoxy) is 4. The Kier molecular flexibility index (Phi) is 10.0. The third-order valence-electron chi connectivity index (χ3n) is 5.25. The molecule has 1 aliphatic rings. The van der Waals surface area contributed by atoms with E-state index in [-0.39, 0.29) is 18.3 Å². The quantitative estimate of drug-likeness (QED) is 0.209. The molecule has 30 heavy (non-hydrogen) atoms. The summed E-state index contributed by atoms with van der Waals surface area (Å²) in [4.78, 5) is 11.8. The molecular formula is C24H36O6. The fourth-order valence-corrected chi connectivity index (χ4v) is 3.78. The third kappa shape index (κ3) is 7.56. The van der Waals surface area contributed by atoms with E-state index in [1.54, 1.807) is 6.92 Å². The second kappa shape index (κ2) is 12.5. The van der Waals surface area contributed by atoms with Crippen molar-refractivity contribution in [3.63, 3.8) is 0 Å². The summed E-state index contributed by atoms with van der Waals surface area (Å²) in [5, 5.41) is 10.8. The lowest BCUT2D eigenvalue weighted by Gasteiger charge is -2.25. The zero-order valence-electron chi connectivity index (χ0n) is 18.7. The first-order valence-electron chi connectivity index (χ1n) is 11.0. The van der Waals surface area contributed by atoms with E-state index in [4.69, 9.17) is 18.9 Å². The van der Waals surface area contributed by atoms with Crippen LogP contribution in [0.25, 0.3) is 0 Å². The molecule has 0 amide bonds. The minimum atomic E-state index is -0.849. The van der Waals surface area contributed by atoms with Crippen molar-refractivity contribution in [3.8, 4) is 11.5 Å². The predicted molar refractivity (Wildman–Crippen MR) is 116 cm³/mol. The molecule has 6 heteroatoms. The van der Waals surface area contributed by atoms with Gasteiger partial charge in [-0.25, -0.2) is 4.79 Å². The number of benzene rings is 1. The number of hydrogen-bond acceptors (Lipinski definition) is 6. The molecule has 6 nitrogen and oxygen atoms in total. The maximum Gasteiger partial charge on any atom is 0.511 e. The number of methoxy groups -OCH3 is 1. The minimum absolute atomic E-state index is 0.0827. The number of allylic oxidation sites excluding steroid dienone is 2. The van der Waals surface area contributed by atoms with Gasteiger partial charge in [-0.2, -0.15) is 0 Å². The highest BCUT2D eigenvalue weighted by molar-refractivity contribution is 5.60. The van der Waals surface area contributed by atoms with Gasteiger partial charge in [0.2, 0.25) is 6.29 Å². The number of aryl methyl sites for hydroxylation is 1. The number of hydrogen-bond donors (Lipinski definition) is 1. The highest BCUT2D eigenvalue weighted by Crippen LogP contribution is 2.42. The van der Waals surface area contributed by atoms with E-state index >= 15 is 0 Å². The molecule has 0 aliphatic heterocycles. The summed E-state index contributed by atoms with van der Waals surface area (Å²) >= 11 is 0. The Balaban J connectivity index is 2.20. The molecule has 1 aliphatic carbocycles. The van der Waals surface area contributed by atoms with Crippen molar-refractivity contribution in [2.75, 3.05) is 20.3 Å². The molecule has 2 atom stereocenters. The lowest BCUT2D eigenvalue weighted by Crippen LogP contribution is -2.23. The van der Waals surface area contributed by atoms with Crippen LogP contribution in [0.2, 0.25) is 0 Å². The van der Waals surface area contributed by atoms with Crippen molar-refractivity contribution in [1.29, 1.82) is 0 Å². The molecule has 0 saturated carbocycles. The topological polar surface area (TPSA) is 74.2 Å². The number of aromatic hydroxyl groups is 1. The molecule has 0 radical (unpaired) electrons. The number of phenols is 1. The second-order valence-electron chi connectivity index (χ2n) is 7.89. The Morgan fingerprint density at radius 2 is 2.07 bits per heavy atom. The Morgan fingerprint density at radius 3 is 2.77 bits per heavy atom. The maximum atomic E-state index is 11.8. The average Bonchev–Trinajstić information content (AvgIpc) is 2.68. The van der Waals surface area contributed by atoms with Gasteiger partial charge in [0.05, 0.1) is 6.61 Å². The van der Waals surface area contributed by atoms with Crippen molar-refractivity contribution >= 4 is 6.16 Å². The first-order chi connectivity index (χ1) is 14.4. The van der Waals surface area contributed by atoms with Crippen LogP contribution in [0.1, 0.15) is 76.3 Å². The average molecular weight is 421 g/mol. The van der Waals surface area contributed by atoms with E-state index in [2.05, 4.69) is 19.9 Å². The van der Waals surface area contributed by atoms with Gasteiger partial charge in [-0.3, -0.25) is 0 Å². The molecule has 2 unspecified atom stereocenters. The van der Waals surface area contributed by atoms with Crippen LogP contribution in [0.5, 0.6) is 11.5 Å². The summed E-state index contributed by atoms with van der Waals surface area (Å²) in [5.41, 5.74) is 3.09. The Hall–Kier alpha value is -2.21. The van der Waals surface area contributed by atoms with Crippen molar-refractivity contribution in [2.45, 2.75) is 77.9 Å². The molecule has 1 aromatic rings. The lowest BCUT2D eigenvalue weighted by molar-refractivity contribution is -0.0573. The van der Waals surface area contributed by atoms with Crippen LogP contribution in [0, 0.1) is 0 Å². The van der Waals surface area contributed by atoms with Crippen LogP contribution >= 0.6 is 0 Å². The van der Waals surface area contributed by atoms with Crippen LogP contribution in [-0.4, -0.2) is 37.9 Å². The highest BCUT2D eigenvalue weighted by atomic mass is 16.8. The van der Waals surface area contributed by atoms with Crippen molar-refractivity contribution in [2.24, 2.45) is 0 Å². The van der Waals surface area contributed by atoms with Crippen LogP contribution in [0.3, 0.4) is 0 Å². The fraction of sp³-hybridized carbons (Fsp3) is 0.625. The highest BCUT2D eigenvalue weighted by Gasteiger charge is 2.24. The van der Waals surface area contributed by atoms with Gasteiger partial charge in [0.25, 0.3) is 0 Å². The number of carbonyl (C=O) groups excluding carboxylic acids is 1. The van der Waals surface area contributed by atoms with Gasteiger partial charge in [0, 0.05) is 25.5 Å². The van der Waals surface area contributed by atoms with Gasteiger partial charge >= 0.3 is 6.16 Å². The van der Waals surface area contributed by atoms with Gasteiger partial charge in [0.1, 0.15) is 18.1 Å². The summed E-state index contributed by atoms with van der Waals surface area (Å²) in [6, 6.07) is 3.82. The zero-order valence-corrected chi connectivity index (χ0v) is 18.7. The predicted octanol–water partition coefficient (Wildman–Crippen LogP) is 5.86. The van der Waals surface area contributed by atoms with Crippen LogP contribution in [-0.2, 0) is 20.6 Å². The molecule has 0 spiro atoms. The largest absolute Gasteiger partial charge is 0.511 e. The Labute approximate surface area is 180 Å². The van der Waals surface area contributed by atoms with Gasteiger partial charge < -0.3 is 24.1 Å². The first-order valence-corrected chi connectivity index (χ1v) is 11.0. The van der Waals surface area contributed by atoms with E-state index in [1.807, 2.05) is 12.1 Å². The standard InChI is InChI=1S/C24H36O6/c1-5-6-7-10-19-15-21(25)23(20-11-8-9-17(2)14-20)22(16-19)29-18(3)30-24(26)28-13-12-27-4/h14-16,18,20,25H,5-13H2,1-4H3. The molecule has 0 aromatic heterocycles. The third-order valence-corrected chi connectivity index (χ3v) is 5.25. The molecule has 2 rings (SSSR count). The number of phenolic OH excluding ortho intramolecular Hbond substituents is 1. The van der Waals surface area contributed by atoms with Crippen LogP contribution in [0.15, 0.2) is 23.8 Å². The number of rotatable bonds is 11. The van der Waals surface area contributed by atoms with E-state index in [0.717, 1.165) is 56.1 Å². The van der Waals surface area contributed by atoms with E-state index in [1.165, 1.54) is 12.7 Å². The first kappa shape index (κ1) is 24.1. The molecule has 168 valence electrons. The molecule has 1 aromatic carbocycles. The summed E-state index contributed by atoms with van der Waals surface area (Å²) in [7, 11) is 1.53. The molecule has 1 N–H and O–H groups in total. The summed E-state index contributed by atoms with van der Waals surface area (Å²) in [6.07, 6.45) is 7.83.